The largest absolute Gasteiger partial charge is 0.383 e. The molecular formula is C19H34N6O2. The molecule has 2 aliphatic rings. The van der Waals surface area contributed by atoms with Gasteiger partial charge in [-0.3, -0.25) is 9.58 Å². The Labute approximate surface area is 162 Å². The third-order valence-corrected chi connectivity index (χ3v) is 5.94. The van der Waals surface area contributed by atoms with Gasteiger partial charge in [0.2, 0.25) is 0 Å². The second kappa shape index (κ2) is 9.52. The molecule has 0 radical (unpaired) electrons. The Morgan fingerprint density at radius 1 is 1.22 bits per heavy atom. The van der Waals surface area contributed by atoms with E-state index in [1.807, 2.05) is 6.20 Å². The van der Waals surface area contributed by atoms with Crippen LogP contribution in [0.15, 0.2) is 12.4 Å². The van der Waals surface area contributed by atoms with Crippen molar-refractivity contribution in [2.45, 2.75) is 44.2 Å². The molecule has 0 bridgehead atoms. The maximum Gasteiger partial charge on any atom is 0.319 e. The van der Waals surface area contributed by atoms with E-state index in [1.165, 1.54) is 19.3 Å². The molecule has 0 spiro atoms. The van der Waals surface area contributed by atoms with Crippen LogP contribution in [0.4, 0.5) is 10.5 Å². The highest BCUT2D eigenvalue weighted by Crippen LogP contribution is 2.30. The average Bonchev–Trinajstić information content (AvgIpc) is 3.14. The highest BCUT2D eigenvalue weighted by atomic mass is 16.5. The molecule has 27 heavy (non-hydrogen) atoms. The molecule has 3 rings (SSSR count). The second-order valence-electron chi connectivity index (χ2n) is 7.87. The SMILES string of the molecule is COCCn1cc(NC(=O)NCC2(N3CCCCC3)CCN(C)CC2)cn1. The van der Waals surface area contributed by atoms with Gasteiger partial charge >= 0.3 is 6.03 Å². The molecule has 0 saturated carbocycles. The summed E-state index contributed by atoms with van der Waals surface area (Å²) in [7, 11) is 3.85. The van der Waals surface area contributed by atoms with Crippen LogP contribution < -0.4 is 10.6 Å². The summed E-state index contributed by atoms with van der Waals surface area (Å²) < 4.78 is 6.82. The van der Waals surface area contributed by atoms with E-state index in [-0.39, 0.29) is 11.6 Å². The van der Waals surface area contributed by atoms with E-state index in [4.69, 9.17) is 4.74 Å². The lowest BCUT2D eigenvalue weighted by atomic mass is 9.84. The van der Waals surface area contributed by atoms with Crippen LogP contribution in [0.25, 0.3) is 0 Å². The number of aromatic nitrogens is 2. The first kappa shape index (κ1) is 20.1. The lowest BCUT2D eigenvalue weighted by Crippen LogP contribution is -2.61. The van der Waals surface area contributed by atoms with Crippen molar-refractivity contribution < 1.29 is 9.53 Å². The molecule has 0 aliphatic carbocycles. The lowest BCUT2D eigenvalue weighted by molar-refractivity contribution is 0.0165. The first-order valence-electron chi connectivity index (χ1n) is 10.1. The third kappa shape index (κ3) is 5.43. The summed E-state index contributed by atoms with van der Waals surface area (Å²) >= 11 is 0. The minimum absolute atomic E-state index is 0.0902. The predicted molar refractivity (Wildman–Crippen MR) is 106 cm³/mol. The number of likely N-dealkylation sites (tertiary alicyclic amines) is 2. The van der Waals surface area contributed by atoms with Crippen LogP contribution in [0.1, 0.15) is 32.1 Å². The molecule has 2 N–H and O–H groups in total. The quantitative estimate of drug-likeness (QED) is 0.754. The normalized spacial score (nSPS) is 21.1. The van der Waals surface area contributed by atoms with Crippen LogP contribution in [-0.2, 0) is 11.3 Å². The van der Waals surface area contributed by atoms with E-state index in [1.54, 1.807) is 18.0 Å². The summed E-state index contributed by atoms with van der Waals surface area (Å²) in [6, 6.07) is -0.156. The Bertz CT molecular complexity index is 591. The van der Waals surface area contributed by atoms with Gasteiger partial charge < -0.3 is 20.3 Å². The van der Waals surface area contributed by atoms with E-state index in [9.17, 15) is 4.79 Å². The minimum atomic E-state index is -0.156. The topological polar surface area (TPSA) is 74.7 Å². The first-order chi connectivity index (χ1) is 13.1. The van der Waals surface area contributed by atoms with Crippen molar-refractivity contribution in [3.8, 4) is 0 Å². The highest BCUT2D eigenvalue weighted by molar-refractivity contribution is 5.88. The molecule has 1 aromatic heterocycles. The van der Waals surface area contributed by atoms with E-state index >= 15 is 0 Å². The lowest BCUT2D eigenvalue weighted by Gasteiger charge is -2.50. The fraction of sp³-hybridized carbons (Fsp3) is 0.789. The summed E-state index contributed by atoms with van der Waals surface area (Å²) in [6.07, 6.45) is 9.58. The third-order valence-electron chi connectivity index (χ3n) is 5.94. The summed E-state index contributed by atoms with van der Waals surface area (Å²) in [4.78, 5) is 17.5. The van der Waals surface area contributed by atoms with Crippen molar-refractivity contribution >= 4 is 11.7 Å². The van der Waals surface area contributed by atoms with Crippen molar-refractivity contribution in [3.63, 3.8) is 0 Å². The number of amides is 2. The van der Waals surface area contributed by atoms with Crippen molar-refractivity contribution in [2.24, 2.45) is 0 Å². The number of piperidine rings is 2. The van der Waals surface area contributed by atoms with Gasteiger partial charge in [-0.1, -0.05) is 6.42 Å². The number of hydrogen-bond acceptors (Lipinski definition) is 5. The van der Waals surface area contributed by atoms with E-state index in [2.05, 4.69) is 32.6 Å². The molecule has 2 amide bonds. The Morgan fingerprint density at radius 3 is 2.67 bits per heavy atom. The zero-order valence-electron chi connectivity index (χ0n) is 16.7. The molecule has 8 nitrogen and oxygen atoms in total. The van der Waals surface area contributed by atoms with Gasteiger partial charge in [-0.2, -0.15) is 5.10 Å². The van der Waals surface area contributed by atoms with Gasteiger partial charge in [-0.05, 0) is 58.9 Å². The standard InChI is InChI=1S/C19H34N6O2/c1-23-10-6-19(7-11-23,24-8-4-3-5-9-24)16-20-18(26)22-17-14-21-25(15-17)12-13-27-2/h14-15H,3-13,16H2,1-2H3,(H2,20,22,26). The minimum Gasteiger partial charge on any atom is -0.383 e. The van der Waals surface area contributed by atoms with Gasteiger partial charge in [0.05, 0.1) is 25.0 Å². The first-order valence-corrected chi connectivity index (χ1v) is 10.1. The molecule has 0 atom stereocenters. The van der Waals surface area contributed by atoms with Crippen LogP contribution in [0.2, 0.25) is 0 Å². The molecule has 2 saturated heterocycles. The van der Waals surface area contributed by atoms with E-state index < -0.39 is 0 Å². The molecule has 2 aliphatic heterocycles. The summed E-state index contributed by atoms with van der Waals surface area (Å²) in [5, 5.41) is 10.3. The van der Waals surface area contributed by atoms with Crippen LogP contribution in [-0.4, -0.2) is 84.6 Å². The maximum absolute atomic E-state index is 12.5. The van der Waals surface area contributed by atoms with Crippen LogP contribution in [0.3, 0.4) is 0 Å². The van der Waals surface area contributed by atoms with Gasteiger partial charge in [0.15, 0.2) is 0 Å². The van der Waals surface area contributed by atoms with Crippen LogP contribution >= 0.6 is 0 Å². The number of carbonyl (C=O) groups is 1. The molecule has 0 aromatic carbocycles. The zero-order valence-corrected chi connectivity index (χ0v) is 16.7. The Morgan fingerprint density at radius 2 is 1.96 bits per heavy atom. The van der Waals surface area contributed by atoms with E-state index in [0.29, 0.717) is 25.4 Å². The van der Waals surface area contributed by atoms with Crippen molar-refractivity contribution in [1.82, 2.24) is 24.9 Å². The molecule has 1 aromatic rings. The number of nitrogens with zero attached hydrogens (tertiary/aromatic N) is 4. The summed E-state index contributed by atoms with van der Waals surface area (Å²) in [5.74, 6) is 0. The van der Waals surface area contributed by atoms with Crippen molar-refractivity contribution in [1.29, 1.82) is 0 Å². The monoisotopic (exact) mass is 378 g/mol. The molecule has 0 unspecified atom stereocenters. The number of carbonyl (C=O) groups excluding carboxylic acids is 1. The fourth-order valence-electron chi connectivity index (χ4n) is 4.16. The number of rotatable bonds is 7. The average molecular weight is 379 g/mol. The molecule has 152 valence electrons. The number of urea groups is 1. The number of anilines is 1. The van der Waals surface area contributed by atoms with Crippen molar-refractivity contribution in [2.75, 3.05) is 58.8 Å². The summed E-state index contributed by atoms with van der Waals surface area (Å²) in [5.41, 5.74) is 0.798. The van der Waals surface area contributed by atoms with Crippen molar-refractivity contribution in [3.05, 3.63) is 12.4 Å². The number of nitrogens with one attached hydrogen (secondary N) is 2. The van der Waals surface area contributed by atoms with Gasteiger partial charge in [0, 0.05) is 25.4 Å². The molecule has 2 fully saturated rings. The van der Waals surface area contributed by atoms with Gasteiger partial charge in [0.1, 0.15) is 0 Å². The highest BCUT2D eigenvalue weighted by Gasteiger charge is 2.39. The molecule has 8 heteroatoms. The number of ether oxygens (including phenoxy) is 1. The molecule has 3 heterocycles. The Kier molecular flexibility index (Phi) is 7.09. The van der Waals surface area contributed by atoms with Gasteiger partial charge in [-0.25, -0.2) is 4.79 Å². The molecular weight excluding hydrogens is 344 g/mol. The zero-order chi connectivity index (χ0) is 19.1. The maximum atomic E-state index is 12.5. The second-order valence-corrected chi connectivity index (χ2v) is 7.87. The summed E-state index contributed by atoms with van der Waals surface area (Å²) in [6.45, 7) is 6.45. The van der Waals surface area contributed by atoms with Gasteiger partial charge in [0.25, 0.3) is 0 Å². The smallest absolute Gasteiger partial charge is 0.319 e. The van der Waals surface area contributed by atoms with Crippen LogP contribution in [0.5, 0.6) is 0 Å². The number of methoxy groups -OCH3 is 1. The predicted octanol–water partition coefficient (Wildman–Crippen LogP) is 1.60. The fourth-order valence-corrected chi connectivity index (χ4v) is 4.16. The van der Waals surface area contributed by atoms with Gasteiger partial charge in [-0.15, -0.1) is 0 Å². The Balaban J connectivity index is 1.54. The van der Waals surface area contributed by atoms with Crippen LogP contribution in [0, 0.1) is 0 Å². The van der Waals surface area contributed by atoms with E-state index in [0.717, 1.165) is 39.0 Å². The Hall–Kier alpha value is -1.64. The number of hydrogen-bond donors (Lipinski definition) is 2.